The number of carbonyl (C=O) groups excluding carboxylic acids is 2. The monoisotopic (exact) mass is 525 g/mol. The highest BCUT2D eigenvalue weighted by Gasteiger charge is 2.29. The van der Waals surface area contributed by atoms with Crippen molar-refractivity contribution in [1.82, 2.24) is 9.21 Å². The van der Waals surface area contributed by atoms with E-state index in [4.69, 9.17) is 4.74 Å². The number of hydrogen-bond acceptors (Lipinski definition) is 5. The maximum absolute atomic E-state index is 13.7. The van der Waals surface area contributed by atoms with Crippen molar-refractivity contribution in [2.45, 2.75) is 68.7 Å². The molecule has 0 spiro atoms. The minimum Gasteiger partial charge on any atom is -0.492 e. The number of amides is 2. The molecule has 2 bridgehead atoms. The quantitative estimate of drug-likeness (QED) is 0.644. The van der Waals surface area contributed by atoms with E-state index in [0.717, 1.165) is 55.5 Å². The lowest BCUT2D eigenvalue weighted by molar-refractivity contribution is -0.135. The van der Waals surface area contributed by atoms with Crippen molar-refractivity contribution in [1.29, 1.82) is 0 Å². The van der Waals surface area contributed by atoms with E-state index in [2.05, 4.69) is 11.4 Å². The van der Waals surface area contributed by atoms with E-state index < -0.39 is 10.0 Å². The highest BCUT2D eigenvalue weighted by Crippen LogP contribution is 2.28. The van der Waals surface area contributed by atoms with Gasteiger partial charge in [0.1, 0.15) is 12.4 Å². The van der Waals surface area contributed by atoms with Crippen LogP contribution in [0.15, 0.2) is 47.4 Å². The van der Waals surface area contributed by atoms with Crippen LogP contribution in [0.4, 0.5) is 5.69 Å². The zero-order valence-corrected chi connectivity index (χ0v) is 22.0. The molecule has 2 aromatic rings. The topological polar surface area (TPSA) is 96.0 Å². The Kier molecular flexibility index (Phi) is 7.81. The van der Waals surface area contributed by atoms with Crippen LogP contribution in [-0.2, 0) is 32.5 Å². The smallest absolute Gasteiger partial charge is 0.243 e. The van der Waals surface area contributed by atoms with Crippen LogP contribution in [0.2, 0.25) is 0 Å². The lowest BCUT2D eigenvalue weighted by atomic mass is 9.95. The van der Waals surface area contributed by atoms with Crippen LogP contribution in [0, 0.1) is 0 Å². The lowest BCUT2D eigenvalue weighted by Gasteiger charge is -2.36. The van der Waals surface area contributed by atoms with Crippen LogP contribution in [0.3, 0.4) is 0 Å². The first kappa shape index (κ1) is 25.7. The van der Waals surface area contributed by atoms with Crippen molar-refractivity contribution in [2.75, 3.05) is 31.6 Å². The molecule has 37 heavy (non-hydrogen) atoms. The summed E-state index contributed by atoms with van der Waals surface area (Å²) in [6.45, 7) is 1.41. The summed E-state index contributed by atoms with van der Waals surface area (Å²) in [4.78, 5) is 27.1. The minimum atomic E-state index is -3.82. The SMILES string of the molecule is O=C1CCc2cc(S(=O)(=O)N3CCCC(=O)N4CCCCC4CCc4cccc(c4)OCC3)ccc2N1. The van der Waals surface area contributed by atoms with Gasteiger partial charge in [0.2, 0.25) is 21.8 Å². The number of anilines is 1. The van der Waals surface area contributed by atoms with Gasteiger partial charge in [-0.05, 0) is 86.4 Å². The molecular weight excluding hydrogens is 490 g/mol. The van der Waals surface area contributed by atoms with Crippen LogP contribution < -0.4 is 10.1 Å². The Morgan fingerprint density at radius 3 is 2.65 bits per heavy atom. The number of benzene rings is 2. The van der Waals surface area contributed by atoms with E-state index >= 15 is 0 Å². The number of carbonyl (C=O) groups is 2. The number of nitrogens with one attached hydrogen (secondary N) is 1. The first-order valence-electron chi connectivity index (χ1n) is 13.3. The summed E-state index contributed by atoms with van der Waals surface area (Å²) in [5.41, 5.74) is 2.64. The molecular formula is C28H35N3O5S. The second-order valence-corrected chi connectivity index (χ2v) is 12.1. The number of hydrogen-bond donors (Lipinski definition) is 1. The molecule has 1 fully saturated rings. The molecule has 2 amide bonds. The van der Waals surface area contributed by atoms with Crippen LogP contribution in [0.25, 0.3) is 0 Å². The van der Waals surface area contributed by atoms with Crippen molar-refractivity contribution in [3.63, 3.8) is 0 Å². The molecule has 1 saturated heterocycles. The van der Waals surface area contributed by atoms with Gasteiger partial charge < -0.3 is 15.0 Å². The molecule has 3 aliphatic heterocycles. The molecule has 3 aliphatic rings. The number of sulfonamides is 1. The van der Waals surface area contributed by atoms with Gasteiger partial charge in [0.05, 0.1) is 4.90 Å². The fraction of sp³-hybridized carbons (Fsp3) is 0.500. The van der Waals surface area contributed by atoms with Gasteiger partial charge >= 0.3 is 0 Å². The summed E-state index contributed by atoms with van der Waals surface area (Å²) in [6.07, 6.45) is 6.60. The number of fused-ring (bicyclic) bond motifs is 4. The molecule has 0 aromatic heterocycles. The molecule has 3 heterocycles. The summed E-state index contributed by atoms with van der Waals surface area (Å²) >= 11 is 0. The third-order valence-electron chi connectivity index (χ3n) is 7.63. The molecule has 198 valence electrons. The maximum Gasteiger partial charge on any atom is 0.243 e. The average Bonchev–Trinajstić information content (AvgIpc) is 2.90. The fourth-order valence-electron chi connectivity index (χ4n) is 5.59. The standard InChI is InChI=1S/C28H35N3O5S/c32-27-14-10-22-20-25(12-13-26(22)29-27)37(34,35)30-15-4-8-28(33)31-16-2-1-6-23(31)11-9-21-5-3-7-24(19-21)36-18-17-30/h3,5,7,12-13,19-20,23H,1-2,4,6,8-11,14-18H2,(H,29,32). The van der Waals surface area contributed by atoms with Crippen LogP contribution in [0.1, 0.15) is 56.1 Å². The van der Waals surface area contributed by atoms with Crippen molar-refractivity contribution in [2.24, 2.45) is 0 Å². The van der Waals surface area contributed by atoms with Gasteiger partial charge in [-0.3, -0.25) is 9.59 Å². The van der Waals surface area contributed by atoms with Gasteiger partial charge in [-0.1, -0.05) is 12.1 Å². The van der Waals surface area contributed by atoms with Gasteiger partial charge in [0, 0.05) is 44.2 Å². The van der Waals surface area contributed by atoms with E-state index in [1.165, 1.54) is 4.31 Å². The number of piperidine rings is 1. The summed E-state index contributed by atoms with van der Waals surface area (Å²) in [6, 6.07) is 13.1. The first-order chi connectivity index (χ1) is 17.9. The molecule has 1 unspecified atom stereocenters. The molecule has 9 heteroatoms. The number of rotatable bonds is 2. The third kappa shape index (κ3) is 5.99. The molecule has 0 radical (unpaired) electrons. The maximum atomic E-state index is 13.7. The Labute approximate surface area is 219 Å². The Bertz CT molecular complexity index is 1260. The summed E-state index contributed by atoms with van der Waals surface area (Å²) in [7, 11) is -3.82. The van der Waals surface area contributed by atoms with Crippen LogP contribution in [0.5, 0.6) is 5.75 Å². The number of ether oxygens (including phenoxy) is 1. The Morgan fingerprint density at radius 1 is 0.865 bits per heavy atom. The fourth-order valence-corrected chi connectivity index (χ4v) is 7.10. The first-order valence-corrected chi connectivity index (χ1v) is 14.8. The Balaban J connectivity index is 1.38. The second-order valence-electron chi connectivity index (χ2n) is 10.1. The third-order valence-corrected chi connectivity index (χ3v) is 9.52. The zero-order chi connectivity index (χ0) is 25.8. The van der Waals surface area contributed by atoms with Gasteiger partial charge in [0.15, 0.2) is 0 Å². The molecule has 1 N–H and O–H groups in total. The molecule has 8 nitrogen and oxygen atoms in total. The van der Waals surface area contributed by atoms with E-state index in [9.17, 15) is 18.0 Å². The molecule has 1 atom stereocenters. The summed E-state index contributed by atoms with van der Waals surface area (Å²) in [5, 5.41) is 2.80. The number of nitrogens with zero attached hydrogens (tertiary/aromatic N) is 2. The van der Waals surface area contributed by atoms with Crippen molar-refractivity contribution in [3.8, 4) is 5.75 Å². The average molecular weight is 526 g/mol. The minimum absolute atomic E-state index is 0.0597. The van der Waals surface area contributed by atoms with E-state index in [0.29, 0.717) is 31.4 Å². The highest BCUT2D eigenvalue weighted by atomic mass is 32.2. The Hall–Kier alpha value is -2.91. The van der Waals surface area contributed by atoms with Gasteiger partial charge in [-0.15, -0.1) is 0 Å². The van der Waals surface area contributed by atoms with Crippen LogP contribution in [-0.4, -0.2) is 61.7 Å². The largest absolute Gasteiger partial charge is 0.492 e. The Morgan fingerprint density at radius 2 is 1.76 bits per heavy atom. The summed E-state index contributed by atoms with van der Waals surface area (Å²) < 4.78 is 34.8. The van der Waals surface area contributed by atoms with Crippen LogP contribution >= 0.6 is 0 Å². The predicted molar refractivity (Wildman–Crippen MR) is 141 cm³/mol. The number of aryl methyl sites for hydroxylation is 2. The van der Waals surface area contributed by atoms with Crippen molar-refractivity contribution in [3.05, 3.63) is 53.6 Å². The molecule has 0 aliphatic carbocycles. The van der Waals surface area contributed by atoms with Gasteiger partial charge in [-0.25, -0.2) is 8.42 Å². The van der Waals surface area contributed by atoms with Crippen molar-refractivity contribution < 1.29 is 22.7 Å². The zero-order valence-electron chi connectivity index (χ0n) is 21.2. The lowest BCUT2D eigenvalue weighted by Crippen LogP contribution is -2.44. The normalized spacial score (nSPS) is 22.1. The molecule has 2 aromatic carbocycles. The molecule has 0 saturated carbocycles. The van der Waals surface area contributed by atoms with Gasteiger partial charge in [-0.2, -0.15) is 4.31 Å². The summed E-state index contributed by atoms with van der Waals surface area (Å²) in [5.74, 6) is 0.785. The van der Waals surface area contributed by atoms with Gasteiger partial charge in [0.25, 0.3) is 0 Å². The molecule has 5 rings (SSSR count). The van der Waals surface area contributed by atoms with E-state index in [1.807, 2.05) is 23.1 Å². The predicted octanol–water partition coefficient (Wildman–Crippen LogP) is 3.75. The highest BCUT2D eigenvalue weighted by molar-refractivity contribution is 7.89. The van der Waals surface area contributed by atoms with E-state index in [1.54, 1.807) is 18.2 Å². The second kappa shape index (κ2) is 11.2. The van der Waals surface area contributed by atoms with Crippen molar-refractivity contribution >= 4 is 27.5 Å². The van der Waals surface area contributed by atoms with E-state index in [-0.39, 0.29) is 42.4 Å².